The summed E-state index contributed by atoms with van der Waals surface area (Å²) in [6, 6.07) is 0. The molecule has 82 valence electrons. The second-order valence-electron chi connectivity index (χ2n) is 4.80. The molecular weight excluding hydrogens is 204 g/mol. The quantitative estimate of drug-likeness (QED) is 0.773. The average Bonchev–Trinajstić information content (AvgIpc) is 2.66. The van der Waals surface area contributed by atoms with Crippen molar-refractivity contribution in [2.45, 2.75) is 40.0 Å². The second-order valence-corrected chi connectivity index (χ2v) is 5.63. The van der Waals surface area contributed by atoms with Crippen LogP contribution in [-0.4, -0.2) is 9.38 Å². The van der Waals surface area contributed by atoms with Gasteiger partial charge in [-0.1, -0.05) is 27.7 Å². The molecule has 0 saturated carbocycles. The molecule has 0 radical (unpaired) electrons. The standard InChI is InChI=1S/C12H18N2S/c1-8(2)5-10-7-15-12-13-11(9(3)4)6-14(10)12/h6-9H,5H2,1-4H3. The summed E-state index contributed by atoms with van der Waals surface area (Å²) in [5.74, 6) is 1.22. The van der Waals surface area contributed by atoms with Crippen molar-refractivity contribution in [1.82, 2.24) is 9.38 Å². The normalized spacial score (nSPS) is 12.1. The third kappa shape index (κ3) is 2.07. The van der Waals surface area contributed by atoms with E-state index in [1.165, 1.54) is 11.4 Å². The number of aromatic nitrogens is 2. The summed E-state index contributed by atoms with van der Waals surface area (Å²) in [5.41, 5.74) is 2.59. The highest BCUT2D eigenvalue weighted by Crippen LogP contribution is 2.22. The monoisotopic (exact) mass is 222 g/mol. The third-order valence-electron chi connectivity index (χ3n) is 2.51. The largest absolute Gasteiger partial charge is 0.294 e. The lowest BCUT2D eigenvalue weighted by molar-refractivity contribution is 0.632. The van der Waals surface area contributed by atoms with Crippen molar-refractivity contribution in [1.29, 1.82) is 0 Å². The predicted octanol–water partition coefficient (Wildman–Crippen LogP) is 3.72. The molecule has 2 aromatic rings. The molecule has 0 atom stereocenters. The summed E-state index contributed by atoms with van der Waals surface area (Å²) in [4.78, 5) is 5.76. The first-order valence-electron chi connectivity index (χ1n) is 5.53. The van der Waals surface area contributed by atoms with Crippen LogP contribution in [0.3, 0.4) is 0 Å². The van der Waals surface area contributed by atoms with Gasteiger partial charge in [0.15, 0.2) is 4.96 Å². The number of nitrogens with zero attached hydrogens (tertiary/aromatic N) is 2. The van der Waals surface area contributed by atoms with E-state index in [2.05, 4.69) is 48.7 Å². The molecule has 15 heavy (non-hydrogen) atoms. The zero-order valence-corrected chi connectivity index (χ0v) is 10.6. The van der Waals surface area contributed by atoms with Gasteiger partial charge in [0, 0.05) is 17.3 Å². The molecule has 0 aromatic carbocycles. The van der Waals surface area contributed by atoms with Gasteiger partial charge in [0.2, 0.25) is 0 Å². The highest BCUT2D eigenvalue weighted by molar-refractivity contribution is 7.15. The lowest BCUT2D eigenvalue weighted by Gasteiger charge is -2.02. The lowest BCUT2D eigenvalue weighted by Crippen LogP contribution is -1.97. The second kappa shape index (κ2) is 3.97. The van der Waals surface area contributed by atoms with E-state index in [1.807, 2.05) is 0 Å². The lowest BCUT2D eigenvalue weighted by atomic mass is 10.1. The van der Waals surface area contributed by atoms with Gasteiger partial charge in [0.25, 0.3) is 0 Å². The van der Waals surface area contributed by atoms with Gasteiger partial charge in [0.05, 0.1) is 5.69 Å². The number of fused-ring (bicyclic) bond motifs is 1. The molecule has 2 aromatic heterocycles. The number of rotatable bonds is 3. The fourth-order valence-electron chi connectivity index (χ4n) is 1.69. The molecule has 0 spiro atoms. The van der Waals surface area contributed by atoms with E-state index >= 15 is 0 Å². The van der Waals surface area contributed by atoms with Crippen molar-refractivity contribution >= 4 is 16.3 Å². The van der Waals surface area contributed by atoms with Crippen molar-refractivity contribution < 1.29 is 0 Å². The maximum atomic E-state index is 4.62. The molecule has 3 heteroatoms. The van der Waals surface area contributed by atoms with Gasteiger partial charge in [-0.3, -0.25) is 4.40 Å². The molecule has 0 saturated heterocycles. The zero-order chi connectivity index (χ0) is 11.0. The van der Waals surface area contributed by atoms with Crippen LogP contribution < -0.4 is 0 Å². The molecule has 0 aliphatic carbocycles. The first kappa shape index (κ1) is 10.7. The van der Waals surface area contributed by atoms with Crippen LogP contribution in [0, 0.1) is 5.92 Å². The Bertz CT molecular complexity index is 451. The molecule has 0 aliphatic rings. The van der Waals surface area contributed by atoms with Crippen molar-refractivity contribution in [2.24, 2.45) is 5.92 Å². The van der Waals surface area contributed by atoms with E-state index in [4.69, 9.17) is 0 Å². The van der Waals surface area contributed by atoms with Crippen molar-refractivity contribution in [3.63, 3.8) is 0 Å². The van der Waals surface area contributed by atoms with Crippen LogP contribution in [0.4, 0.5) is 0 Å². The molecule has 2 nitrogen and oxygen atoms in total. The molecule has 0 N–H and O–H groups in total. The minimum Gasteiger partial charge on any atom is -0.294 e. The van der Waals surface area contributed by atoms with E-state index in [0.29, 0.717) is 11.8 Å². The Morgan fingerprint density at radius 3 is 2.67 bits per heavy atom. The van der Waals surface area contributed by atoms with E-state index in [-0.39, 0.29) is 0 Å². The maximum absolute atomic E-state index is 4.62. The van der Waals surface area contributed by atoms with E-state index in [0.717, 1.165) is 11.4 Å². The van der Waals surface area contributed by atoms with Crippen molar-refractivity contribution in [3.05, 3.63) is 23.0 Å². The summed E-state index contributed by atoms with van der Waals surface area (Å²) < 4.78 is 2.25. The molecule has 2 heterocycles. The summed E-state index contributed by atoms with van der Waals surface area (Å²) in [7, 11) is 0. The number of thiazole rings is 1. The topological polar surface area (TPSA) is 17.3 Å². The van der Waals surface area contributed by atoms with Crippen LogP contribution in [0.25, 0.3) is 4.96 Å². The molecule has 0 unspecified atom stereocenters. The van der Waals surface area contributed by atoms with Crippen LogP contribution in [0.15, 0.2) is 11.6 Å². The number of hydrogen-bond donors (Lipinski definition) is 0. The fourth-order valence-corrected chi connectivity index (χ4v) is 2.58. The molecule has 0 amide bonds. The van der Waals surface area contributed by atoms with Gasteiger partial charge in [-0.05, 0) is 18.3 Å². The Morgan fingerprint density at radius 1 is 1.33 bits per heavy atom. The Balaban J connectivity index is 2.40. The predicted molar refractivity (Wildman–Crippen MR) is 65.7 cm³/mol. The van der Waals surface area contributed by atoms with Crippen LogP contribution >= 0.6 is 11.3 Å². The molecule has 0 fully saturated rings. The van der Waals surface area contributed by atoms with Gasteiger partial charge in [0.1, 0.15) is 0 Å². The van der Waals surface area contributed by atoms with E-state index in [9.17, 15) is 0 Å². The van der Waals surface area contributed by atoms with Crippen LogP contribution in [-0.2, 0) is 6.42 Å². The van der Waals surface area contributed by atoms with Gasteiger partial charge < -0.3 is 0 Å². The highest BCUT2D eigenvalue weighted by Gasteiger charge is 2.10. The summed E-state index contributed by atoms with van der Waals surface area (Å²) in [6.07, 6.45) is 3.32. The Hall–Kier alpha value is -0.830. The smallest absolute Gasteiger partial charge is 0.194 e. The summed E-state index contributed by atoms with van der Waals surface area (Å²) in [6.45, 7) is 8.89. The molecular formula is C12H18N2S. The van der Waals surface area contributed by atoms with Gasteiger partial charge in [-0.25, -0.2) is 4.98 Å². The molecule has 0 bridgehead atoms. The number of hydrogen-bond acceptors (Lipinski definition) is 2. The molecule has 0 aliphatic heterocycles. The van der Waals surface area contributed by atoms with Crippen LogP contribution in [0.2, 0.25) is 0 Å². The highest BCUT2D eigenvalue weighted by atomic mass is 32.1. The third-order valence-corrected chi connectivity index (χ3v) is 3.40. The number of imidazole rings is 1. The fraction of sp³-hybridized carbons (Fsp3) is 0.583. The van der Waals surface area contributed by atoms with Crippen LogP contribution in [0.5, 0.6) is 0 Å². The Labute approximate surface area is 95.0 Å². The van der Waals surface area contributed by atoms with Crippen molar-refractivity contribution in [3.8, 4) is 0 Å². The SMILES string of the molecule is CC(C)Cc1csc2nc(C(C)C)cn12. The van der Waals surface area contributed by atoms with Gasteiger partial charge in [-0.15, -0.1) is 11.3 Å². The molecule has 2 rings (SSSR count). The Kier molecular flexibility index (Phi) is 2.83. The first-order chi connectivity index (χ1) is 7.08. The first-order valence-corrected chi connectivity index (χ1v) is 6.41. The van der Waals surface area contributed by atoms with Gasteiger partial charge >= 0.3 is 0 Å². The summed E-state index contributed by atoms with van der Waals surface area (Å²) in [5, 5.41) is 2.23. The maximum Gasteiger partial charge on any atom is 0.194 e. The minimum atomic E-state index is 0.518. The zero-order valence-electron chi connectivity index (χ0n) is 9.82. The Morgan fingerprint density at radius 2 is 2.07 bits per heavy atom. The summed E-state index contributed by atoms with van der Waals surface area (Å²) >= 11 is 1.75. The van der Waals surface area contributed by atoms with Crippen LogP contribution in [0.1, 0.15) is 45.0 Å². The van der Waals surface area contributed by atoms with Crippen molar-refractivity contribution in [2.75, 3.05) is 0 Å². The minimum absolute atomic E-state index is 0.518. The van der Waals surface area contributed by atoms with E-state index in [1.54, 1.807) is 11.3 Å². The average molecular weight is 222 g/mol. The van der Waals surface area contributed by atoms with Gasteiger partial charge in [-0.2, -0.15) is 0 Å². The van der Waals surface area contributed by atoms with E-state index < -0.39 is 0 Å².